The summed E-state index contributed by atoms with van der Waals surface area (Å²) in [5, 5.41) is 42.5. The topological polar surface area (TPSA) is 218 Å². The molecule has 1 aromatic carbocycles. The number of fused-ring (bicyclic) bond motifs is 3. The molecule has 1 saturated carbocycles. The molecule has 1 aliphatic carbocycles. The fourth-order valence-corrected chi connectivity index (χ4v) is 8.58. The molecule has 0 radical (unpaired) electrons. The average Bonchev–Trinajstić information content (AvgIpc) is 3.92. The molecule has 298 valence electrons. The summed E-state index contributed by atoms with van der Waals surface area (Å²) in [4.78, 5) is 38.6. The van der Waals surface area contributed by atoms with Crippen LogP contribution in [0.3, 0.4) is 0 Å². The molecule has 7 rings (SSSR count). The average molecular weight is 763 g/mol. The lowest BCUT2D eigenvalue weighted by Crippen LogP contribution is -2.64. The molecule has 0 aromatic heterocycles. The van der Waals surface area contributed by atoms with Crippen molar-refractivity contribution in [3.05, 3.63) is 42.0 Å². The van der Waals surface area contributed by atoms with Gasteiger partial charge in [0.15, 0.2) is 24.1 Å². The van der Waals surface area contributed by atoms with E-state index in [-0.39, 0.29) is 31.3 Å². The van der Waals surface area contributed by atoms with Crippen LogP contribution in [0.1, 0.15) is 58.9 Å². The lowest BCUT2D eigenvalue weighted by molar-refractivity contribution is -0.357. The number of carbonyl (C=O) groups is 3. The van der Waals surface area contributed by atoms with Gasteiger partial charge in [0, 0.05) is 31.3 Å². The summed E-state index contributed by atoms with van der Waals surface area (Å²) >= 11 is 0. The van der Waals surface area contributed by atoms with Crippen molar-refractivity contribution in [2.24, 2.45) is 17.8 Å². The minimum Gasteiger partial charge on any atom is -0.459 e. The van der Waals surface area contributed by atoms with Crippen molar-refractivity contribution in [1.29, 1.82) is 0 Å². The molecule has 5 heterocycles. The summed E-state index contributed by atoms with van der Waals surface area (Å²) in [6.45, 7) is 6.78. The van der Waals surface area contributed by atoms with Crippen molar-refractivity contribution in [1.82, 2.24) is 0 Å². The Morgan fingerprint density at radius 2 is 1.56 bits per heavy atom. The van der Waals surface area contributed by atoms with E-state index in [0.717, 1.165) is 12.5 Å². The molecule has 17 unspecified atom stereocenters. The van der Waals surface area contributed by atoms with Crippen LogP contribution in [0.25, 0.3) is 6.08 Å². The fraction of sp³-hybridized carbons (Fsp3) is 0.711. The first-order valence-electron chi connectivity index (χ1n) is 18.7. The number of hydrogen-bond acceptors (Lipinski definition) is 16. The van der Waals surface area contributed by atoms with Gasteiger partial charge in [-0.1, -0.05) is 37.3 Å². The molecular weight excluding hydrogens is 712 g/mol. The van der Waals surface area contributed by atoms with Gasteiger partial charge in [0.2, 0.25) is 12.1 Å². The highest BCUT2D eigenvalue weighted by molar-refractivity contribution is 5.87. The monoisotopic (exact) mass is 762 g/mol. The minimum absolute atomic E-state index is 0.0914. The Hall–Kier alpha value is -3.03. The van der Waals surface area contributed by atoms with Crippen molar-refractivity contribution in [3.63, 3.8) is 0 Å². The summed E-state index contributed by atoms with van der Waals surface area (Å²) in [6.07, 6.45) is -10.5. The zero-order valence-corrected chi connectivity index (χ0v) is 30.6. The van der Waals surface area contributed by atoms with E-state index >= 15 is 0 Å². The maximum atomic E-state index is 13.8. The van der Waals surface area contributed by atoms with Crippen LogP contribution < -0.4 is 0 Å². The van der Waals surface area contributed by atoms with Crippen molar-refractivity contribution >= 4 is 24.0 Å². The summed E-state index contributed by atoms with van der Waals surface area (Å²) in [5.74, 6) is -3.86. The molecule has 6 aliphatic rings. The molecule has 2 spiro atoms. The van der Waals surface area contributed by atoms with Gasteiger partial charge in [0.1, 0.15) is 30.5 Å². The summed E-state index contributed by atoms with van der Waals surface area (Å²) in [6, 6.07) is 9.43. The fourth-order valence-electron chi connectivity index (χ4n) is 8.58. The van der Waals surface area contributed by atoms with Gasteiger partial charge in [-0.15, -0.1) is 0 Å². The van der Waals surface area contributed by atoms with Gasteiger partial charge in [0.25, 0.3) is 0 Å². The van der Waals surface area contributed by atoms with E-state index in [9.17, 15) is 34.8 Å². The lowest BCUT2D eigenvalue weighted by atomic mass is 9.72. The Kier molecular flexibility index (Phi) is 11.2. The SMILES string of the molecule is CC(=O)OC1C(C)OC(OC(=O)C2CCC3C(C2)OC2(CC(OC(=O)C=Cc4ccccc4)C(C)CO2)C32CO2)C(OC2OC(C)C(O)C(O)C2O)C1O. The molecule has 17 atom stereocenters. The molecule has 16 nitrogen and oxygen atoms in total. The first-order valence-corrected chi connectivity index (χ1v) is 18.7. The molecule has 5 saturated heterocycles. The van der Waals surface area contributed by atoms with Crippen LogP contribution in [-0.4, -0.2) is 137 Å². The lowest BCUT2D eigenvalue weighted by Gasteiger charge is -2.46. The predicted octanol–water partition coefficient (Wildman–Crippen LogP) is 0.742. The number of epoxide rings is 1. The summed E-state index contributed by atoms with van der Waals surface area (Å²) < 4.78 is 53.7. The van der Waals surface area contributed by atoms with Gasteiger partial charge in [-0.25, -0.2) is 4.79 Å². The third-order valence-electron chi connectivity index (χ3n) is 11.7. The highest BCUT2D eigenvalue weighted by Gasteiger charge is 2.76. The van der Waals surface area contributed by atoms with Gasteiger partial charge in [0.05, 0.1) is 37.4 Å². The van der Waals surface area contributed by atoms with Crippen LogP contribution in [0.15, 0.2) is 36.4 Å². The highest BCUT2D eigenvalue weighted by atomic mass is 16.8. The first-order chi connectivity index (χ1) is 25.7. The van der Waals surface area contributed by atoms with Gasteiger partial charge >= 0.3 is 17.9 Å². The number of carbonyl (C=O) groups excluding carboxylic acids is 3. The second kappa shape index (κ2) is 15.5. The standard InChI is InChI=1S/C38H50O16/c1-18-16-46-38(15-26(18)51-27(40)13-10-22-8-6-5-7-9-22)37(17-47-37)24-12-11-23(14-25(24)54-38)34(45)53-36-33(31(44)32(20(3)49-36)50-21(4)39)52-35-30(43)29(42)28(41)19(2)48-35/h5-10,13,18-20,23-26,28-33,35-36,41-44H,11-12,14-17H2,1-4H3. The number of benzene rings is 1. The molecule has 4 N–H and O–H groups in total. The number of hydrogen-bond donors (Lipinski definition) is 4. The van der Waals surface area contributed by atoms with E-state index in [2.05, 4.69) is 0 Å². The minimum atomic E-state index is -1.73. The second-order valence-corrected chi connectivity index (χ2v) is 15.4. The smallest absolute Gasteiger partial charge is 0.331 e. The van der Waals surface area contributed by atoms with Crippen LogP contribution in [-0.2, 0) is 57.0 Å². The molecule has 1 aromatic rings. The molecule has 5 aliphatic heterocycles. The largest absolute Gasteiger partial charge is 0.459 e. The molecule has 54 heavy (non-hydrogen) atoms. The van der Waals surface area contributed by atoms with Crippen LogP contribution >= 0.6 is 0 Å². The van der Waals surface area contributed by atoms with Crippen molar-refractivity contribution in [2.45, 2.75) is 138 Å². The zero-order valence-electron chi connectivity index (χ0n) is 30.6. The summed E-state index contributed by atoms with van der Waals surface area (Å²) in [7, 11) is 0. The van der Waals surface area contributed by atoms with E-state index < -0.39 is 109 Å². The zero-order chi connectivity index (χ0) is 38.5. The van der Waals surface area contributed by atoms with Crippen LogP contribution in [0, 0.1) is 17.8 Å². The van der Waals surface area contributed by atoms with E-state index in [1.54, 1.807) is 6.08 Å². The Morgan fingerprint density at radius 3 is 2.26 bits per heavy atom. The number of aliphatic hydroxyl groups is 4. The summed E-state index contributed by atoms with van der Waals surface area (Å²) in [5.41, 5.74) is 0.124. The Morgan fingerprint density at radius 1 is 0.833 bits per heavy atom. The van der Waals surface area contributed by atoms with Crippen molar-refractivity contribution < 1.29 is 77.4 Å². The molecule has 6 fully saturated rings. The molecule has 0 bridgehead atoms. The Bertz CT molecular complexity index is 1550. The van der Waals surface area contributed by atoms with Crippen LogP contribution in [0.4, 0.5) is 0 Å². The van der Waals surface area contributed by atoms with Gasteiger partial charge in [-0.05, 0) is 44.7 Å². The second-order valence-electron chi connectivity index (χ2n) is 15.4. The van der Waals surface area contributed by atoms with Gasteiger partial charge in [-0.3, -0.25) is 9.59 Å². The molecule has 0 amide bonds. The predicted molar refractivity (Wildman–Crippen MR) is 181 cm³/mol. The van der Waals surface area contributed by atoms with Crippen LogP contribution in [0.2, 0.25) is 0 Å². The quantitative estimate of drug-likeness (QED) is 0.124. The van der Waals surface area contributed by atoms with E-state index in [1.807, 2.05) is 37.3 Å². The first kappa shape index (κ1) is 39.2. The maximum Gasteiger partial charge on any atom is 0.331 e. The van der Waals surface area contributed by atoms with Crippen molar-refractivity contribution in [3.8, 4) is 0 Å². The van der Waals surface area contributed by atoms with E-state index in [0.29, 0.717) is 19.4 Å². The van der Waals surface area contributed by atoms with Crippen molar-refractivity contribution in [2.75, 3.05) is 13.2 Å². The normalized spacial score (nSPS) is 45.9. The number of aliphatic hydroxyl groups excluding tert-OH is 4. The maximum absolute atomic E-state index is 13.8. The number of ether oxygens (including phenoxy) is 9. The van der Waals surface area contributed by atoms with Gasteiger partial charge in [-0.2, -0.15) is 0 Å². The third-order valence-corrected chi connectivity index (χ3v) is 11.7. The van der Waals surface area contributed by atoms with Crippen LogP contribution in [0.5, 0.6) is 0 Å². The van der Waals surface area contributed by atoms with E-state index in [1.165, 1.54) is 19.9 Å². The highest BCUT2D eigenvalue weighted by Crippen LogP contribution is 2.62. The number of esters is 3. The Balaban J connectivity index is 1.02. The number of rotatable bonds is 8. The molecular formula is C38H50O16. The van der Waals surface area contributed by atoms with Gasteiger partial charge < -0.3 is 63.1 Å². The third kappa shape index (κ3) is 7.45. The molecule has 16 heteroatoms. The van der Waals surface area contributed by atoms with E-state index in [4.69, 9.17) is 42.6 Å². The Labute approximate surface area is 312 Å².